The van der Waals surface area contributed by atoms with E-state index in [0.29, 0.717) is 5.56 Å². The molecule has 0 saturated heterocycles. The lowest BCUT2D eigenvalue weighted by molar-refractivity contribution is -0.137. The molecule has 0 aliphatic carbocycles. The summed E-state index contributed by atoms with van der Waals surface area (Å²) < 4.78 is 39.2. The summed E-state index contributed by atoms with van der Waals surface area (Å²) in [6.07, 6.45) is -4.34. The first-order valence-electron chi connectivity index (χ1n) is 6.23. The van der Waals surface area contributed by atoms with Gasteiger partial charge in [0.25, 0.3) is 0 Å². The molecule has 2 aromatic rings. The van der Waals surface area contributed by atoms with Crippen molar-refractivity contribution in [3.8, 4) is 0 Å². The minimum Gasteiger partial charge on any atom is -0.271 e. The molecule has 0 aliphatic rings. The molecule has 0 spiro atoms. The predicted molar refractivity (Wildman–Crippen MR) is 84.5 cm³/mol. The van der Waals surface area contributed by atoms with Gasteiger partial charge in [0.05, 0.1) is 11.6 Å². The van der Waals surface area contributed by atoms with Crippen LogP contribution >= 0.6 is 22.6 Å². The third-order valence-electron chi connectivity index (χ3n) is 3.29. The number of hydrogen-bond donors (Lipinski definition) is 2. The van der Waals surface area contributed by atoms with E-state index in [2.05, 4.69) is 28.0 Å². The highest BCUT2D eigenvalue weighted by Crippen LogP contribution is 2.33. The van der Waals surface area contributed by atoms with Gasteiger partial charge in [-0.15, -0.1) is 0 Å². The van der Waals surface area contributed by atoms with Gasteiger partial charge >= 0.3 is 6.18 Å². The molecule has 2 nitrogen and oxygen atoms in total. The molecule has 21 heavy (non-hydrogen) atoms. The first kappa shape index (κ1) is 16.3. The van der Waals surface area contributed by atoms with Crippen molar-refractivity contribution >= 4 is 22.6 Å². The van der Waals surface area contributed by atoms with E-state index < -0.39 is 11.7 Å². The molecule has 0 fully saturated rings. The lowest BCUT2D eigenvalue weighted by atomic mass is 9.94. The molecular weight excluding hydrogens is 392 g/mol. The summed E-state index contributed by atoms with van der Waals surface area (Å²) in [7, 11) is 0. The summed E-state index contributed by atoms with van der Waals surface area (Å²) in [5.74, 6) is 5.62. The average Bonchev–Trinajstić information content (AvgIpc) is 2.42. The van der Waals surface area contributed by atoms with E-state index in [4.69, 9.17) is 5.84 Å². The highest BCUT2D eigenvalue weighted by molar-refractivity contribution is 14.1. The minimum atomic E-state index is -4.34. The van der Waals surface area contributed by atoms with E-state index in [0.717, 1.165) is 26.8 Å². The molecule has 0 radical (unpaired) electrons. The maximum atomic E-state index is 12.7. The molecule has 0 bridgehead atoms. The van der Waals surface area contributed by atoms with Crippen molar-refractivity contribution in [3.05, 3.63) is 68.3 Å². The van der Waals surface area contributed by atoms with Gasteiger partial charge in [-0.1, -0.05) is 24.3 Å². The molecule has 0 heterocycles. The number of aryl methyl sites for hydroxylation is 1. The highest BCUT2D eigenvalue weighted by Gasteiger charge is 2.31. The quantitative estimate of drug-likeness (QED) is 0.456. The second kappa shape index (κ2) is 6.33. The maximum absolute atomic E-state index is 12.7. The third kappa shape index (κ3) is 3.56. The monoisotopic (exact) mass is 406 g/mol. The van der Waals surface area contributed by atoms with Crippen LogP contribution in [0.15, 0.2) is 42.5 Å². The number of alkyl halides is 3. The Hall–Kier alpha value is -1.12. The maximum Gasteiger partial charge on any atom is 0.416 e. The van der Waals surface area contributed by atoms with Crippen LogP contribution in [0.5, 0.6) is 0 Å². The van der Waals surface area contributed by atoms with E-state index in [1.54, 1.807) is 6.92 Å². The van der Waals surface area contributed by atoms with E-state index in [9.17, 15) is 13.2 Å². The normalized spacial score (nSPS) is 13.2. The first-order valence-corrected chi connectivity index (χ1v) is 7.30. The second-order valence-corrected chi connectivity index (χ2v) is 5.85. The van der Waals surface area contributed by atoms with Crippen molar-refractivity contribution in [1.82, 2.24) is 5.43 Å². The fourth-order valence-electron chi connectivity index (χ4n) is 2.23. The van der Waals surface area contributed by atoms with Gasteiger partial charge in [0.1, 0.15) is 0 Å². The third-order valence-corrected chi connectivity index (χ3v) is 4.27. The van der Waals surface area contributed by atoms with Gasteiger partial charge in [0.2, 0.25) is 0 Å². The van der Waals surface area contributed by atoms with Crippen LogP contribution in [-0.4, -0.2) is 0 Å². The number of nitrogens with two attached hydrogens (primary N) is 1. The molecule has 0 aromatic heterocycles. The Morgan fingerprint density at radius 2 is 1.76 bits per heavy atom. The van der Waals surface area contributed by atoms with Crippen molar-refractivity contribution < 1.29 is 13.2 Å². The fraction of sp³-hybridized carbons (Fsp3) is 0.200. The van der Waals surface area contributed by atoms with Gasteiger partial charge in [-0.2, -0.15) is 13.2 Å². The minimum absolute atomic E-state index is 0.347. The van der Waals surface area contributed by atoms with E-state index in [1.807, 2.05) is 24.3 Å². The van der Waals surface area contributed by atoms with Crippen molar-refractivity contribution in [3.63, 3.8) is 0 Å². The summed E-state index contributed by atoms with van der Waals surface area (Å²) >= 11 is 2.18. The summed E-state index contributed by atoms with van der Waals surface area (Å²) in [4.78, 5) is 0. The number of hydrogen-bond acceptors (Lipinski definition) is 2. The molecule has 1 unspecified atom stereocenters. The van der Waals surface area contributed by atoms with Gasteiger partial charge in [-0.05, 0) is 64.4 Å². The number of benzene rings is 2. The number of nitrogens with one attached hydrogen (secondary N) is 1. The Morgan fingerprint density at radius 1 is 1.10 bits per heavy atom. The Kier molecular flexibility index (Phi) is 4.90. The van der Waals surface area contributed by atoms with Crippen molar-refractivity contribution in [2.75, 3.05) is 0 Å². The summed E-state index contributed by atoms with van der Waals surface area (Å²) in [6.45, 7) is 1.66. The molecule has 2 rings (SSSR count). The lowest BCUT2D eigenvalue weighted by Crippen LogP contribution is -2.30. The second-order valence-electron chi connectivity index (χ2n) is 4.69. The zero-order valence-electron chi connectivity index (χ0n) is 11.2. The lowest BCUT2D eigenvalue weighted by Gasteiger charge is -2.21. The predicted octanol–water partition coefficient (Wildman–Crippen LogP) is 4.17. The van der Waals surface area contributed by atoms with Crippen LogP contribution in [-0.2, 0) is 6.18 Å². The van der Waals surface area contributed by atoms with Gasteiger partial charge in [-0.25, -0.2) is 5.43 Å². The SMILES string of the molecule is Cc1cc(C(F)(F)F)ccc1C(NN)c1ccccc1I. The Morgan fingerprint density at radius 3 is 2.29 bits per heavy atom. The molecule has 112 valence electrons. The Balaban J connectivity index is 2.47. The average molecular weight is 406 g/mol. The van der Waals surface area contributed by atoms with Crippen molar-refractivity contribution in [2.24, 2.45) is 5.84 Å². The zero-order chi connectivity index (χ0) is 15.6. The van der Waals surface area contributed by atoms with Gasteiger partial charge < -0.3 is 0 Å². The topological polar surface area (TPSA) is 38.0 Å². The molecule has 3 N–H and O–H groups in total. The number of rotatable bonds is 3. The Bertz CT molecular complexity index is 641. The van der Waals surface area contributed by atoms with Gasteiger partial charge in [0.15, 0.2) is 0 Å². The van der Waals surface area contributed by atoms with Crippen LogP contribution in [0.2, 0.25) is 0 Å². The van der Waals surface area contributed by atoms with Gasteiger partial charge in [0, 0.05) is 3.57 Å². The molecular formula is C15H14F3IN2. The number of halogens is 4. The summed E-state index contributed by atoms with van der Waals surface area (Å²) in [6, 6.07) is 11.0. The molecule has 6 heteroatoms. The molecule has 0 amide bonds. The van der Waals surface area contributed by atoms with Crippen LogP contribution in [0.3, 0.4) is 0 Å². The van der Waals surface area contributed by atoms with Crippen LogP contribution in [0.25, 0.3) is 0 Å². The molecule has 0 saturated carbocycles. The van der Waals surface area contributed by atoms with Crippen molar-refractivity contribution in [2.45, 2.75) is 19.1 Å². The van der Waals surface area contributed by atoms with E-state index in [1.165, 1.54) is 6.07 Å². The van der Waals surface area contributed by atoms with Gasteiger partial charge in [-0.3, -0.25) is 5.84 Å². The highest BCUT2D eigenvalue weighted by atomic mass is 127. The molecule has 0 aliphatic heterocycles. The standard InChI is InChI=1S/C15H14F3IN2/c1-9-8-10(15(16,17)18)6-7-11(9)14(21-20)12-4-2-3-5-13(12)19/h2-8,14,21H,20H2,1H3. The van der Waals surface area contributed by atoms with Crippen LogP contribution < -0.4 is 11.3 Å². The fourth-order valence-corrected chi connectivity index (χ4v) is 2.93. The van der Waals surface area contributed by atoms with E-state index >= 15 is 0 Å². The van der Waals surface area contributed by atoms with Crippen LogP contribution in [0.1, 0.15) is 28.3 Å². The number of hydrazine groups is 1. The van der Waals surface area contributed by atoms with Crippen LogP contribution in [0, 0.1) is 10.5 Å². The Labute approximate surface area is 134 Å². The largest absolute Gasteiger partial charge is 0.416 e. The first-order chi connectivity index (χ1) is 9.84. The molecule has 2 aromatic carbocycles. The van der Waals surface area contributed by atoms with E-state index in [-0.39, 0.29) is 6.04 Å². The summed E-state index contributed by atoms with van der Waals surface area (Å²) in [5.41, 5.74) is 4.25. The molecule has 1 atom stereocenters. The van der Waals surface area contributed by atoms with Crippen LogP contribution in [0.4, 0.5) is 13.2 Å². The van der Waals surface area contributed by atoms with Crippen molar-refractivity contribution in [1.29, 1.82) is 0 Å². The zero-order valence-corrected chi connectivity index (χ0v) is 13.4. The summed E-state index contributed by atoms with van der Waals surface area (Å²) in [5, 5.41) is 0. The smallest absolute Gasteiger partial charge is 0.271 e.